The summed E-state index contributed by atoms with van der Waals surface area (Å²) in [5.74, 6) is 1.32. The number of halogens is 1. The Morgan fingerprint density at radius 3 is 2.82 bits per heavy atom. The number of carbonyl (C=O) groups excluding carboxylic acids is 1. The first kappa shape index (κ1) is 16.8. The molecule has 2 atom stereocenters. The molecule has 0 radical (unpaired) electrons. The largest absolute Gasteiger partial charge is 0.459 e. The molecule has 0 bridgehead atoms. The zero-order valence-electron chi connectivity index (χ0n) is 12.8. The zero-order valence-corrected chi connectivity index (χ0v) is 13.6. The van der Waals surface area contributed by atoms with Gasteiger partial charge < -0.3 is 15.1 Å². The van der Waals surface area contributed by atoms with Crippen LogP contribution < -0.4 is 5.73 Å². The van der Waals surface area contributed by atoms with Gasteiger partial charge in [-0.15, -0.1) is 12.4 Å². The molecule has 4 nitrogen and oxygen atoms in total. The van der Waals surface area contributed by atoms with Gasteiger partial charge in [0.2, 0.25) is 5.91 Å². The van der Waals surface area contributed by atoms with Gasteiger partial charge in [-0.05, 0) is 30.9 Å². The molecule has 5 heteroatoms. The lowest BCUT2D eigenvalue weighted by molar-refractivity contribution is -0.131. The second kappa shape index (κ2) is 7.16. The van der Waals surface area contributed by atoms with Gasteiger partial charge in [0.05, 0.1) is 6.54 Å². The maximum atomic E-state index is 12.3. The summed E-state index contributed by atoms with van der Waals surface area (Å²) in [7, 11) is 1.83. The Kier molecular flexibility index (Phi) is 5.48. The number of benzene rings is 1. The van der Waals surface area contributed by atoms with Gasteiger partial charge in [0.25, 0.3) is 0 Å². The monoisotopic (exact) mass is 322 g/mol. The van der Waals surface area contributed by atoms with E-state index in [0.717, 1.165) is 36.0 Å². The minimum absolute atomic E-state index is 0. The van der Waals surface area contributed by atoms with E-state index in [-0.39, 0.29) is 24.4 Å². The van der Waals surface area contributed by atoms with Crippen molar-refractivity contribution in [1.29, 1.82) is 0 Å². The van der Waals surface area contributed by atoms with Crippen LogP contribution >= 0.6 is 12.4 Å². The molecular weight excluding hydrogens is 300 g/mol. The van der Waals surface area contributed by atoms with E-state index in [0.29, 0.717) is 18.9 Å². The summed E-state index contributed by atoms with van der Waals surface area (Å²) in [6.07, 6.45) is 3.82. The van der Waals surface area contributed by atoms with E-state index in [4.69, 9.17) is 10.2 Å². The second-order valence-corrected chi connectivity index (χ2v) is 6.06. The topological polar surface area (TPSA) is 59.5 Å². The number of para-hydroxylation sites is 1. The lowest BCUT2D eigenvalue weighted by Crippen LogP contribution is -2.32. The summed E-state index contributed by atoms with van der Waals surface area (Å²) >= 11 is 0. The van der Waals surface area contributed by atoms with Crippen molar-refractivity contribution in [1.82, 2.24) is 4.90 Å². The summed E-state index contributed by atoms with van der Waals surface area (Å²) in [5.41, 5.74) is 6.91. The SMILES string of the molecule is CN(Cc1cc2ccccc2o1)C(=O)C[C@@H]1CCC[C@H]1N.Cl. The minimum Gasteiger partial charge on any atom is -0.459 e. The second-order valence-electron chi connectivity index (χ2n) is 6.06. The third kappa shape index (κ3) is 3.62. The number of carbonyl (C=O) groups is 1. The molecule has 1 saturated carbocycles. The van der Waals surface area contributed by atoms with Crippen LogP contribution in [0.5, 0.6) is 0 Å². The van der Waals surface area contributed by atoms with E-state index >= 15 is 0 Å². The van der Waals surface area contributed by atoms with Crippen LogP contribution in [-0.2, 0) is 11.3 Å². The molecule has 1 amide bonds. The highest BCUT2D eigenvalue weighted by atomic mass is 35.5. The molecule has 0 unspecified atom stereocenters. The highest BCUT2D eigenvalue weighted by Crippen LogP contribution is 2.27. The number of amides is 1. The molecular formula is C17H23ClN2O2. The van der Waals surface area contributed by atoms with Crippen molar-refractivity contribution in [2.75, 3.05) is 7.05 Å². The summed E-state index contributed by atoms with van der Waals surface area (Å²) in [4.78, 5) is 14.0. The van der Waals surface area contributed by atoms with Gasteiger partial charge in [-0.3, -0.25) is 4.79 Å². The molecule has 2 aromatic rings. The number of furan rings is 1. The molecule has 3 rings (SSSR count). The molecule has 120 valence electrons. The van der Waals surface area contributed by atoms with Gasteiger partial charge in [-0.1, -0.05) is 24.6 Å². The van der Waals surface area contributed by atoms with E-state index in [1.807, 2.05) is 37.4 Å². The van der Waals surface area contributed by atoms with Crippen LogP contribution in [0.1, 0.15) is 31.4 Å². The number of hydrogen-bond acceptors (Lipinski definition) is 3. The average molecular weight is 323 g/mol. The van der Waals surface area contributed by atoms with Crippen LogP contribution in [0.3, 0.4) is 0 Å². The average Bonchev–Trinajstić information content (AvgIpc) is 3.04. The lowest BCUT2D eigenvalue weighted by atomic mass is 9.99. The van der Waals surface area contributed by atoms with Crippen molar-refractivity contribution < 1.29 is 9.21 Å². The van der Waals surface area contributed by atoms with Gasteiger partial charge in [-0.2, -0.15) is 0 Å². The summed E-state index contributed by atoms with van der Waals surface area (Å²) in [6.45, 7) is 0.509. The predicted octanol–water partition coefficient (Wildman–Crippen LogP) is 3.33. The van der Waals surface area contributed by atoms with Crippen molar-refractivity contribution in [3.63, 3.8) is 0 Å². The van der Waals surface area contributed by atoms with Gasteiger partial charge >= 0.3 is 0 Å². The fourth-order valence-electron chi connectivity index (χ4n) is 3.14. The smallest absolute Gasteiger partial charge is 0.223 e. The number of rotatable bonds is 4. The maximum Gasteiger partial charge on any atom is 0.223 e. The van der Waals surface area contributed by atoms with Crippen LogP contribution in [0.4, 0.5) is 0 Å². The fourth-order valence-corrected chi connectivity index (χ4v) is 3.14. The van der Waals surface area contributed by atoms with Gasteiger partial charge in [0.1, 0.15) is 11.3 Å². The molecule has 22 heavy (non-hydrogen) atoms. The third-order valence-corrected chi connectivity index (χ3v) is 4.45. The highest BCUT2D eigenvalue weighted by Gasteiger charge is 2.27. The molecule has 1 fully saturated rings. The van der Waals surface area contributed by atoms with E-state index < -0.39 is 0 Å². The van der Waals surface area contributed by atoms with Crippen LogP contribution in [-0.4, -0.2) is 23.9 Å². The van der Waals surface area contributed by atoms with Crippen LogP contribution in [0, 0.1) is 5.92 Å². The Labute approximate surface area is 137 Å². The van der Waals surface area contributed by atoms with Crippen LogP contribution in [0.2, 0.25) is 0 Å². The Bertz CT molecular complexity index is 607. The molecule has 1 aliphatic carbocycles. The van der Waals surface area contributed by atoms with Crippen molar-refractivity contribution in [3.8, 4) is 0 Å². The first-order chi connectivity index (χ1) is 10.1. The van der Waals surface area contributed by atoms with E-state index in [2.05, 4.69) is 0 Å². The summed E-state index contributed by atoms with van der Waals surface area (Å²) in [5, 5.41) is 1.08. The Morgan fingerprint density at radius 1 is 1.36 bits per heavy atom. The van der Waals surface area contributed by atoms with Gasteiger partial charge in [0.15, 0.2) is 0 Å². The maximum absolute atomic E-state index is 12.3. The van der Waals surface area contributed by atoms with Gasteiger partial charge in [-0.25, -0.2) is 0 Å². The molecule has 1 aliphatic rings. The van der Waals surface area contributed by atoms with Gasteiger partial charge in [0, 0.05) is 24.9 Å². The van der Waals surface area contributed by atoms with E-state index in [9.17, 15) is 4.79 Å². The number of nitrogens with two attached hydrogens (primary N) is 1. The Morgan fingerprint density at radius 2 is 2.14 bits per heavy atom. The van der Waals surface area contributed by atoms with Crippen molar-refractivity contribution in [2.24, 2.45) is 11.7 Å². The minimum atomic E-state index is 0. The normalized spacial score (nSPS) is 20.8. The molecule has 0 saturated heterocycles. The quantitative estimate of drug-likeness (QED) is 0.939. The Hall–Kier alpha value is -1.52. The first-order valence-corrected chi connectivity index (χ1v) is 7.60. The van der Waals surface area contributed by atoms with Crippen molar-refractivity contribution >= 4 is 29.3 Å². The fraction of sp³-hybridized carbons (Fsp3) is 0.471. The lowest BCUT2D eigenvalue weighted by Gasteiger charge is -2.20. The summed E-state index contributed by atoms with van der Waals surface area (Å²) < 4.78 is 5.76. The number of fused-ring (bicyclic) bond motifs is 1. The molecule has 1 aromatic heterocycles. The third-order valence-electron chi connectivity index (χ3n) is 4.45. The number of hydrogen-bond donors (Lipinski definition) is 1. The zero-order chi connectivity index (χ0) is 14.8. The van der Waals surface area contributed by atoms with Crippen molar-refractivity contribution in [3.05, 3.63) is 36.1 Å². The van der Waals surface area contributed by atoms with Crippen LogP contribution in [0.15, 0.2) is 34.7 Å². The predicted molar refractivity (Wildman–Crippen MR) is 89.9 cm³/mol. The molecule has 1 heterocycles. The molecule has 0 spiro atoms. The standard InChI is InChI=1S/C17H22N2O2.ClH/c1-19(17(20)10-12-6-4-7-15(12)18)11-14-9-13-5-2-3-8-16(13)21-14;/h2-3,5,8-9,12,15H,4,6-7,10-11,18H2,1H3;1H/t12-,15+;/m0./s1. The first-order valence-electron chi connectivity index (χ1n) is 7.60. The van der Waals surface area contributed by atoms with E-state index in [1.165, 1.54) is 0 Å². The van der Waals surface area contributed by atoms with Crippen molar-refractivity contribution in [2.45, 2.75) is 38.3 Å². The number of nitrogens with zero attached hydrogens (tertiary/aromatic N) is 1. The molecule has 1 aromatic carbocycles. The highest BCUT2D eigenvalue weighted by molar-refractivity contribution is 5.85. The molecule has 2 N–H and O–H groups in total. The van der Waals surface area contributed by atoms with E-state index in [1.54, 1.807) is 4.90 Å². The van der Waals surface area contributed by atoms with Crippen LogP contribution in [0.25, 0.3) is 11.0 Å². The summed E-state index contributed by atoms with van der Waals surface area (Å²) in [6, 6.07) is 10.1. The Balaban J connectivity index is 0.00000176. The molecule has 0 aliphatic heterocycles.